The highest BCUT2D eigenvalue weighted by atomic mass is 32.2. The van der Waals surface area contributed by atoms with Crippen LogP contribution in [0.25, 0.3) is 0 Å². The summed E-state index contributed by atoms with van der Waals surface area (Å²) < 4.78 is 28.1. The van der Waals surface area contributed by atoms with E-state index >= 15 is 0 Å². The zero-order valence-electron chi connectivity index (χ0n) is 12.6. The monoisotopic (exact) mass is 318 g/mol. The lowest BCUT2D eigenvalue weighted by Crippen LogP contribution is -2.11. The Morgan fingerprint density at radius 3 is 2.09 bits per heavy atom. The molecule has 0 bridgehead atoms. The zero-order valence-corrected chi connectivity index (χ0v) is 13.4. The molecule has 22 heavy (non-hydrogen) atoms. The van der Waals surface area contributed by atoms with Gasteiger partial charge in [0, 0.05) is 11.8 Å². The van der Waals surface area contributed by atoms with Gasteiger partial charge in [0.05, 0.1) is 4.90 Å². The van der Waals surface area contributed by atoms with E-state index in [9.17, 15) is 13.2 Å². The summed E-state index contributed by atoms with van der Waals surface area (Å²) in [5.74, 6) is 0.348. The molecular weight excluding hydrogens is 300 g/mol. The SMILES string of the molecule is CCc1ccc(C(=O)COc2ccc(S(C)(=O)=O)cc2)cc1. The molecule has 0 aromatic heterocycles. The van der Waals surface area contributed by atoms with Crippen LogP contribution >= 0.6 is 0 Å². The molecule has 0 fully saturated rings. The molecule has 0 aliphatic rings. The van der Waals surface area contributed by atoms with E-state index in [0.29, 0.717) is 11.3 Å². The van der Waals surface area contributed by atoms with Crippen LogP contribution in [0.1, 0.15) is 22.8 Å². The number of rotatable bonds is 6. The fourth-order valence-corrected chi connectivity index (χ4v) is 2.57. The Morgan fingerprint density at radius 1 is 1.00 bits per heavy atom. The molecule has 0 heterocycles. The molecule has 0 radical (unpaired) electrons. The Labute approximate surface area is 130 Å². The third-order valence-electron chi connectivity index (χ3n) is 3.31. The number of ketones is 1. The van der Waals surface area contributed by atoms with E-state index in [4.69, 9.17) is 4.74 Å². The van der Waals surface area contributed by atoms with Gasteiger partial charge in [0.2, 0.25) is 0 Å². The predicted molar refractivity (Wildman–Crippen MR) is 85.2 cm³/mol. The van der Waals surface area contributed by atoms with Crippen molar-refractivity contribution in [1.29, 1.82) is 0 Å². The van der Waals surface area contributed by atoms with Crippen LogP contribution in [-0.2, 0) is 16.3 Å². The van der Waals surface area contributed by atoms with Gasteiger partial charge in [-0.1, -0.05) is 31.2 Å². The maximum Gasteiger partial charge on any atom is 0.200 e. The van der Waals surface area contributed by atoms with Gasteiger partial charge in [-0.3, -0.25) is 4.79 Å². The highest BCUT2D eigenvalue weighted by Gasteiger charge is 2.09. The highest BCUT2D eigenvalue weighted by molar-refractivity contribution is 7.90. The molecule has 0 unspecified atom stereocenters. The van der Waals surface area contributed by atoms with Crippen molar-refractivity contribution < 1.29 is 17.9 Å². The van der Waals surface area contributed by atoms with Crippen molar-refractivity contribution in [1.82, 2.24) is 0 Å². The minimum absolute atomic E-state index is 0.0797. The number of carbonyl (C=O) groups excluding carboxylic acids is 1. The molecule has 2 aromatic rings. The van der Waals surface area contributed by atoms with E-state index in [-0.39, 0.29) is 17.3 Å². The Kier molecular flexibility index (Phi) is 4.98. The average Bonchev–Trinajstić information content (AvgIpc) is 2.52. The molecule has 2 aromatic carbocycles. The van der Waals surface area contributed by atoms with Gasteiger partial charge in [0.1, 0.15) is 5.75 Å². The molecule has 5 heteroatoms. The molecule has 0 spiro atoms. The van der Waals surface area contributed by atoms with Crippen LogP contribution in [0.5, 0.6) is 5.75 Å². The van der Waals surface area contributed by atoms with Gasteiger partial charge in [0.15, 0.2) is 22.2 Å². The number of hydrogen-bond acceptors (Lipinski definition) is 4. The van der Waals surface area contributed by atoms with E-state index in [1.165, 1.54) is 17.7 Å². The Hall–Kier alpha value is -2.14. The van der Waals surface area contributed by atoms with Gasteiger partial charge in [-0.2, -0.15) is 0 Å². The molecule has 116 valence electrons. The zero-order chi connectivity index (χ0) is 16.2. The van der Waals surface area contributed by atoms with Crippen LogP contribution in [0, 0.1) is 0 Å². The molecule has 0 saturated carbocycles. The lowest BCUT2D eigenvalue weighted by molar-refractivity contribution is 0.0921. The fourth-order valence-electron chi connectivity index (χ4n) is 1.94. The topological polar surface area (TPSA) is 60.4 Å². The second kappa shape index (κ2) is 6.75. The normalized spacial score (nSPS) is 11.2. The van der Waals surface area contributed by atoms with Crippen molar-refractivity contribution >= 4 is 15.6 Å². The fraction of sp³-hybridized carbons (Fsp3) is 0.235. The first-order valence-corrected chi connectivity index (χ1v) is 8.84. The van der Waals surface area contributed by atoms with Gasteiger partial charge in [0.25, 0.3) is 0 Å². The second-order valence-electron chi connectivity index (χ2n) is 5.01. The number of Topliss-reactive ketones (excluding diaryl/α,β-unsaturated/α-hetero) is 1. The summed E-state index contributed by atoms with van der Waals surface area (Å²) >= 11 is 0. The molecule has 4 nitrogen and oxygen atoms in total. The van der Waals surface area contributed by atoms with E-state index < -0.39 is 9.84 Å². The number of carbonyl (C=O) groups is 1. The maximum absolute atomic E-state index is 12.0. The lowest BCUT2D eigenvalue weighted by Gasteiger charge is -2.07. The Bertz CT molecular complexity index is 744. The summed E-state index contributed by atoms with van der Waals surface area (Å²) in [5.41, 5.74) is 1.78. The number of benzene rings is 2. The second-order valence-corrected chi connectivity index (χ2v) is 7.02. The van der Waals surface area contributed by atoms with Gasteiger partial charge < -0.3 is 4.74 Å². The number of hydrogen-bond donors (Lipinski definition) is 0. The minimum Gasteiger partial charge on any atom is -0.485 e. The number of ether oxygens (including phenoxy) is 1. The van der Waals surface area contributed by atoms with Crippen molar-refractivity contribution in [3.63, 3.8) is 0 Å². The Balaban J connectivity index is 1.98. The smallest absolute Gasteiger partial charge is 0.200 e. The van der Waals surface area contributed by atoms with E-state index in [1.54, 1.807) is 24.3 Å². The molecule has 0 saturated heterocycles. The van der Waals surface area contributed by atoms with Crippen LogP contribution in [0.4, 0.5) is 0 Å². The third kappa shape index (κ3) is 4.18. The molecule has 2 rings (SSSR count). The quantitative estimate of drug-likeness (QED) is 0.768. The first-order valence-electron chi connectivity index (χ1n) is 6.95. The van der Waals surface area contributed by atoms with Crippen LogP contribution < -0.4 is 4.74 Å². The van der Waals surface area contributed by atoms with Gasteiger partial charge in [-0.05, 0) is 36.2 Å². The highest BCUT2D eigenvalue weighted by Crippen LogP contribution is 2.16. The molecular formula is C17H18O4S. The third-order valence-corrected chi connectivity index (χ3v) is 4.43. The van der Waals surface area contributed by atoms with Crippen molar-refractivity contribution in [2.45, 2.75) is 18.2 Å². The van der Waals surface area contributed by atoms with Crippen molar-refractivity contribution in [3.05, 3.63) is 59.7 Å². The van der Waals surface area contributed by atoms with Gasteiger partial charge >= 0.3 is 0 Å². The Morgan fingerprint density at radius 2 is 1.59 bits per heavy atom. The predicted octanol–water partition coefficient (Wildman–Crippen LogP) is 2.91. The van der Waals surface area contributed by atoms with E-state index in [1.807, 2.05) is 12.1 Å². The number of sulfone groups is 1. The van der Waals surface area contributed by atoms with Crippen LogP contribution in [0.3, 0.4) is 0 Å². The maximum atomic E-state index is 12.0. The van der Waals surface area contributed by atoms with Crippen LogP contribution in [-0.4, -0.2) is 27.1 Å². The lowest BCUT2D eigenvalue weighted by atomic mass is 10.1. The number of aryl methyl sites for hydroxylation is 1. The molecule has 0 atom stereocenters. The standard InChI is InChI=1S/C17H18O4S/c1-3-13-4-6-14(7-5-13)17(18)12-21-15-8-10-16(11-9-15)22(2,19)20/h4-11H,3,12H2,1-2H3. The largest absolute Gasteiger partial charge is 0.485 e. The van der Waals surface area contributed by atoms with E-state index in [2.05, 4.69) is 6.92 Å². The van der Waals surface area contributed by atoms with Gasteiger partial charge in [-0.25, -0.2) is 8.42 Å². The minimum atomic E-state index is -3.22. The van der Waals surface area contributed by atoms with Gasteiger partial charge in [-0.15, -0.1) is 0 Å². The molecule has 0 aliphatic carbocycles. The average molecular weight is 318 g/mol. The summed E-state index contributed by atoms with van der Waals surface area (Å²) in [5, 5.41) is 0. The van der Waals surface area contributed by atoms with Crippen molar-refractivity contribution in [2.75, 3.05) is 12.9 Å². The first kappa shape index (κ1) is 16.2. The van der Waals surface area contributed by atoms with Crippen molar-refractivity contribution in [2.24, 2.45) is 0 Å². The molecule has 0 N–H and O–H groups in total. The summed E-state index contributed by atoms with van der Waals surface area (Å²) in [6.07, 6.45) is 2.07. The summed E-state index contributed by atoms with van der Waals surface area (Å²) in [7, 11) is -3.22. The summed E-state index contributed by atoms with van der Waals surface area (Å²) in [6, 6.07) is 13.4. The van der Waals surface area contributed by atoms with Crippen molar-refractivity contribution in [3.8, 4) is 5.75 Å². The molecule has 0 amide bonds. The van der Waals surface area contributed by atoms with Crippen LogP contribution in [0.15, 0.2) is 53.4 Å². The first-order chi connectivity index (χ1) is 10.4. The van der Waals surface area contributed by atoms with Crippen LogP contribution in [0.2, 0.25) is 0 Å². The van der Waals surface area contributed by atoms with E-state index in [0.717, 1.165) is 12.7 Å². The summed E-state index contributed by atoms with van der Waals surface area (Å²) in [4.78, 5) is 12.2. The summed E-state index contributed by atoms with van der Waals surface area (Å²) in [6.45, 7) is 1.98. The molecule has 0 aliphatic heterocycles.